The number of aliphatic hydroxyl groups is 1. The number of aromatic nitrogens is 1. The molecule has 9 nitrogen and oxygen atoms in total. The van der Waals surface area contributed by atoms with Crippen molar-refractivity contribution in [2.24, 2.45) is 9.78 Å². The van der Waals surface area contributed by atoms with Crippen LogP contribution in [0.1, 0.15) is 43.7 Å². The predicted octanol–water partition coefficient (Wildman–Crippen LogP) is 4.64. The van der Waals surface area contributed by atoms with Crippen molar-refractivity contribution in [2.75, 3.05) is 45.2 Å². The number of nitrogens with one attached hydrogen (secondary N) is 1. The monoisotopic (exact) mass is 617 g/mol. The van der Waals surface area contributed by atoms with E-state index < -0.39 is 20.7 Å². The van der Waals surface area contributed by atoms with Gasteiger partial charge in [0.25, 0.3) is 5.56 Å². The van der Waals surface area contributed by atoms with Crippen molar-refractivity contribution in [3.63, 3.8) is 0 Å². The van der Waals surface area contributed by atoms with Gasteiger partial charge in [0.15, 0.2) is 0 Å². The van der Waals surface area contributed by atoms with Crippen molar-refractivity contribution >= 4 is 21.4 Å². The fraction of sp³-hybridized carbons (Fsp3) is 0.471. The molecular weight excluding hydrogens is 574 g/mol. The maximum absolute atomic E-state index is 14.1. The number of carbonyl (C=O) groups excluding carboxylic acids is 1. The first-order chi connectivity index (χ1) is 21.1. The van der Waals surface area contributed by atoms with Crippen molar-refractivity contribution < 1.29 is 14.1 Å². The van der Waals surface area contributed by atoms with Crippen molar-refractivity contribution in [3.8, 4) is 11.1 Å². The highest BCUT2D eigenvalue weighted by Gasteiger charge is 2.56. The van der Waals surface area contributed by atoms with Crippen molar-refractivity contribution in [3.05, 3.63) is 88.8 Å². The number of piperazine rings is 1. The fourth-order valence-corrected chi connectivity index (χ4v) is 8.09. The van der Waals surface area contributed by atoms with Gasteiger partial charge in [-0.2, -0.15) is 4.36 Å². The van der Waals surface area contributed by atoms with Gasteiger partial charge in [-0.15, -0.1) is 0 Å². The minimum Gasteiger partial charge on any atom is -0.387 e. The molecule has 0 bridgehead atoms. The quantitative estimate of drug-likeness (QED) is 0.434. The third-order valence-electron chi connectivity index (χ3n) is 9.72. The first kappa shape index (κ1) is 30.6. The van der Waals surface area contributed by atoms with E-state index in [2.05, 4.69) is 21.8 Å². The molecule has 2 amide bonds. The van der Waals surface area contributed by atoms with E-state index in [1.54, 1.807) is 18.7 Å². The molecular formula is C34H43N5O4S. The summed E-state index contributed by atoms with van der Waals surface area (Å²) < 4.78 is 18.8. The number of nitrogens with zero attached hydrogens (tertiary/aromatic N) is 4. The Balaban J connectivity index is 1.30. The summed E-state index contributed by atoms with van der Waals surface area (Å²) in [6.45, 7) is 3.04. The van der Waals surface area contributed by atoms with Crippen LogP contribution in [0.3, 0.4) is 0 Å². The molecule has 1 saturated carbocycles. The van der Waals surface area contributed by atoms with E-state index in [4.69, 9.17) is 0 Å². The number of urea groups is 1. The van der Waals surface area contributed by atoms with Gasteiger partial charge in [-0.05, 0) is 30.4 Å². The molecule has 44 heavy (non-hydrogen) atoms. The Kier molecular flexibility index (Phi) is 8.43. The molecule has 2 aromatic carbocycles. The second-order valence-corrected chi connectivity index (χ2v) is 15.5. The number of rotatable bonds is 5. The molecule has 2 atom stereocenters. The molecule has 234 valence electrons. The van der Waals surface area contributed by atoms with Gasteiger partial charge in [0.05, 0.1) is 23.9 Å². The summed E-state index contributed by atoms with van der Waals surface area (Å²) in [7, 11) is -2.52. The third-order valence-corrected chi connectivity index (χ3v) is 10.4. The Labute approximate surface area is 260 Å². The lowest BCUT2D eigenvalue weighted by atomic mass is 9.66. The summed E-state index contributed by atoms with van der Waals surface area (Å²) in [5.74, 6) is 0. The van der Waals surface area contributed by atoms with Crippen LogP contribution >= 0.6 is 0 Å². The van der Waals surface area contributed by atoms with Gasteiger partial charge in [0, 0.05) is 78.2 Å². The summed E-state index contributed by atoms with van der Waals surface area (Å²) in [5.41, 5.74) is 1.07. The number of amides is 2. The molecule has 3 aromatic rings. The summed E-state index contributed by atoms with van der Waals surface area (Å²) in [4.78, 5) is 31.6. The molecule has 3 heterocycles. The van der Waals surface area contributed by atoms with Crippen LogP contribution in [0.5, 0.6) is 0 Å². The Morgan fingerprint density at radius 3 is 2.39 bits per heavy atom. The number of benzene rings is 2. The van der Waals surface area contributed by atoms with Crippen LogP contribution in [-0.2, 0) is 16.3 Å². The number of piperidine rings is 1. The maximum Gasteiger partial charge on any atom is 0.320 e. The van der Waals surface area contributed by atoms with E-state index in [-0.39, 0.29) is 24.2 Å². The molecule has 6 rings (SSSR count). The van der Waals surface area contributed by atoms with Crippen molar-refractivity contribution in [2.45, 2.75) is 50.3 Å². The number of pyridine rings is 1. The zero-order valence-electron chi connectivity index (χ0n) is 25.7. The number of hydrogen-bond acceptors (Lipinski definition) is 6. The zero-order valence-corrected chi connectivity index (χ0v) is 26.5. The number of hydrogen-bond donors (Lipinski definition) is 2. The van der Waals surface area contributed by atoms with E-state index >= 15 is 0 Å². The summed E-state index contributed by atoms with van der Waals surface area (Å²) in [6.07, 6.45) is 8.71. The highest BCUT2D eigenvalue weighted by molar-refractivity contribution is 7.92. The molecule has 1 aliphatic carbocycles. The standard InChI is InChI=1S/C34H43N5O4S/c1-44(2,43)36-29-23-38(31(40)21-28(29)26-11-5-3-6-12-26)25-34(42)17-19-37(24-33(34)15-9-10-16-33)32(41)39-20-18-35-22-30(39)27-13-7-4-8-14-27/h3-8,11-14,21,23,30,35,42H,9-10,15-20,22,24-25H2,1-2H3/t30-,34?/m0/s1. The zero-order chi connectivity index (χ0) is 31.0. The van der Waals surface area contributed by atoms with Crippen LogP contribution < -0.4 is 10.9 Å². The Morgan fingerprint density at radius 2 is 1.70 bits per heavy atom. The van der Waals surface area contributed by atoms with Gasteiger partial charge in [-0.1, -0.05) is 73.5 Å². The van der Waals surface area contributed by atoms with Crippen LogP contribution in [0, 0.1) is 5.41 Å². The second kappa shape index (κ2) is 12.1. The molecule has 2 N–H and O–H groups in total. The van der Waals surface area contributed by atoms with Gasteiger partial charge in [0.1, 0.15) is 0 Å². The topological polar surface area (TPSA) is 107 Å². The van der Waals surface area contributed by atoms with E-state index in [9.17, 15) is 18.9 Å². The molecule has 1 unspecified atom stereocenters. The highest BCUT2D eigenvalue weighted by atomic mass is 32.2. The minimum atomic E-state index is -2.52. The van der Waals surface area contributed by atoms with Crippen LogP contribution in [0.4, 0.5) is 10.5 Å². The smallest absolute Gasteiger partial charge is 0.320 e. The largest absolute Gasteiger partial charge is 0.387 e. The molecule has 1 spiro atoms. The Bertz CT molecular complexity index is 1670. The summed E-state index contributed by atoms with van der Waals surface area (Å²) in [6, 6.07) is 21.1. The van der Waals surface area contributed by atoms with Gasteiger partial charge in [-0.25, -0.2) is 9.00 Å². The molecule has 2 aliphatic heterocycles. The lowest BCUT2D eigenvalue weighted by molar-refractivity contribution is -0.136. The SMILES string of the molecule is CS(C)(=O)=Nc1cn(CC2(O)CCN(C(=O)N3CCNC[C@H]3c3ccccc3)CC23CCCC3)c(=O)cc1-c1ccccc1. The van der Waals surface area contributed by atoms with Crippen LogP contribution in [0.25, 0.3) is 11.1 Å². The van der Waals surface area contributed by atoms with E-state index in [0.717, 1.165) is 43.4 Å². The molecule has 0 radical (unpaired) electrons. The van der Waals surface area contributed by atoms with Crippen molar-refractivity contribution in [1.29, 1.82) is 0 Å². The molecule has 1 aromatic heterocycles. The molecule has 3 aliphatic rings. The van der Waals surface area contributed by atoms with Gasteiger partial charge >= 0.3 is 6.03 Å². The average Bonchev–Trinajstić information content (AvgIpc) is 3.50. The summed E-state index contributed by atoms with van der Waals surface area (Å²) in [5, 5.41) is 15.9. The lowest BCUT2D eigenvalue weighted by Crippen LogP contribution is -2.64. The lowest BCUT2D eigenvalue weighted by Gasteiger charge is -2.53. The van der Waals surface area contributed by atoms with Gasteiger partial charge in [0.2, 0.25) is 0 Å². The molecule has 3 fully saturated rings. The summed E-state index contributed by atoms with van der Waals surface area (Å²) >= 11 is 0. The third kappa shape index (κ3) is 6.07. The van der Waals surface area contributed by atoms with Crippen LogP contribution in [0.2, 0.25) is 0 Å². The number of likely N-dealkylation sites (tertiary alicyclic amines) is 1. The Hall–Kier alpha value is -3.47. The first-order valence-corrected chi connectivity index (χ1v) is 17.9. The minimum absolute atomic E-state index is 0.0137. The fourth-order valence-electron chi connectivity index (χ4n) is 7.47. The van der Waals surface area contributed by atoms with Gasteiger partial charge in [-0.3, -0.25) is 4.79 Å². The van der Waals surface area contributed by atoms with Crippen LogP contribution in [0.15, 0.2) is 82.1 Å². The Morgan fingerprint density at radius 1 is 1.02 bits per heavy atom. The normalized spacial score (nSPS) is 23.6. The van der Waals surface area contributed by atoms with E-state index in [0.29, 0.717) is 43.9 Å². The maximum atomic E-state index is 14.1. The first-order valence-electron chi connectivity index (χ1n) is 15.6. The van der Waals surface area contributed by atoms with E-state index in [1.165, 1.54) is 10.6 Å². The second-order valence-electron chi connectivity index (χ2n) is 13.0. The van der Waals surface area contributed by atoms with Crippen LogP contribution in [-0.4, -0.2) is 80.5 Å². The van der Waals surface area contributed by atoms with E-state index in [1.807, 2.05) is 58.3 Å². The van der Waals surface area contributed by atoms with Crippen molar-refractivity contribution in [1.82, 2.24) is 19.7 Å². The predicted molar refractivity (Wildman–Crippen MR) is 174 cm³/mol. The van der Waals surface area contributed by atoms with Gasteiger partial charge < -0.3 is 24.8 Å². The molecule has 10 heteroatoms. The average molecular weight is 618 g/mol. The highest BCUT2D eigenvalue weighted by Crippen LogP contribution is 2.52. The number of carbonyl (C=O) groups is 1. The molecule has 2 saturated heterocycles.